The highest BCUT2D eigenvalue weighted by Gasteiger charge is 2.33. The maximum Gasteiger partial charge on any atom is 0.226 e. The molecule has 2 atom stereocenters. The molecule has 5 nitrogen and oxygen atoms in total. The van der Waals surface area contributed by atoms with Crippen molar-refractivity contribution in [3.63, 3.8) is 0 Å². The Kier molecular flexibility index (Phi) is 6.83. The number of carbonyl (C=O) groups is 1. The van der Waals surface area contributed by atoms with Crippen LogP contribution in [0.5, 0.6) is 0 Å². The van der Waals surface area contributed by atoms with Gasteiger partial charge in [-0.3, -0.25) is 10.2 Å². The Morgan fingerprint density at radius 3 is 2.86 bits per heavy atom. The van der Waals surface area contributed by atoms with E-state index in [1.807, 2.05) is 30.3 Å². The van der Waals surface area contributed by atoms with Crippen molar-refractivity contribution < 1.29 is 9.53 Å². The number of benzene rings is 1. The molecule has 0 spiro atoms. The molecule has 1 aliphatic rings. The Bertz CT molecular complexity index is 450. The Hall–Kier alpha value is -1.43. The van der Waals surface area contributed by atoms with Gasteiger partial charge >= 0.3 is 0 Å². The molecule has 2 unspecified atom stereocenters. The molecule has 0 bridgehead atoms. The monoisotopic (exact) mass is 305 g/mol. The minimum atomic E-state index is -0.0843. The second-order valence-electron chi connectivity index (χ2n) is 6.13. The van der Waals surface area contributed by atoms with Crippen LogP contribution in [0.3, 0.4) is 0 Å². The van der Waals surface area contributed by atoms with E-state index in [1.54, 1.807) is 0 Å². The number of carbonyl (C=O) groups excluding carboxylic acids is 1. The van der Waals surface area contributed by atoms with Crippen LogP contribution in [0.1, 0.15) is 31.9 Å². The maximum absolute atomic E-state index is 12.3. The molecule has 1 aromatic carbocycles. The highest BCUT2D eigenvalue weighted by atomic mass is 16.5. The maximum atomic E-state index is 12.3. The quantitative estimate of drug-likeness (QED) is 0.639. The molecular weight excluding hydrogens is 278 g/mol. The van der Waals surface area contributed by atoms with Gasteiger partial charge in [0.25, 0.3) is 0 Å². The van der Waals surface area contributed by atoms with E-state index in [0.29, 0.717) is 25.6 Å². The standard InChI is InChI=1S/C17H27N3O2/c1-13(2)12-22-10-6-9-18-17(21)15-11-19-20-16(15)14-7-4-3-5-8-14/h3-5,7-8,13,15-16,19-20H,6,9-12H2,1-2H3,(H,18,21). The second kappa shape index (κ2) is 8.88. The molecule has 0 radical (unpaired) electrons. The van der Waals surface area contributed by atoms with Crippen LogP contribution in [0, 0.1) is 11.8 Å². The van der Waals surface area contributed by atoms with E-state index in [2.05, 4.69) is 30.0 Å². The summed E-state index contributed by atoms with van der Waals surface area (Å²) in [5.41, 5.74) is 7.41. The summed E-state index contributed by atoms with van der Waals surface area (Å²) < 4.78 is 5.52. The normalized spacial score (nSPS) is 21.2. The predicted molar refractivity (Wildman–Crippen MR) is 87.1 cm³/mol. The van der Waals surface area contributed by atoms with Gasteiger partial charge in [-0.1, -0.05) is 44.2 Å². The summed E-state index contributed by atoms with van der Waals surface area (Å²) in [6, 6.07) is 10.1. The minimum absolute atomic E-state index is 0.0263. The number of nitrogens with one attached hydrogen (secondary N) is 3. The van der Waals surface area contributed by atoms with Crippen molar-refractivity contribution >= 4 is 5.91 Å². The second-order valence-corrected chi connectivity index (χ2v) is 6.13. The summed E-state index contributed by atoms with van der Waals surface area (Å²) in [4.78, 5) is 12.3. The van der Waals surface area contributed by atoms with Crippen LogP contribution in [-0.2, 0) is 9.53 Å². The fourth-order valence-electron chi connectivity index (χ4n) is 2.55. The van der Waals surface area contributed by atoms with E-state index >= 15 is 0 Å². The molecule has 1 aliphatic heterocycles. The molecular formula is C17H27N3O2. The Morgan fingerprint density at radius 2 is 2.14 bits per heavy atom. The molecule has 5 heteroatoms. The van der Waals surface area contributed by atoms with Gasteiger partial charge in [-0.25, -0.2) is 5.43 Å². The molecule has 22 heavy (non-hydrogen) atoms. The third kappa shape index (κ3) is 5.09. The number of ether oxygens (including phenoxy) is 1. The zero-order chi connectivity index (χ0) is 15.8. The van der Waals surface area contributed by atoms with Gasteiger partial charge in [0.15, 0.2) is 0 Å². The topological polar surface area (TPSA) is 62.4 Å². The molecule has 1 aromatic rings. The van der Waals surface area contributed by atoms with Crippen LogP contribution < -0.4 is 16.2 Å². The van der Waals surface area contributed by atoms with Crippen molar-refractivity contribution in [3.05, 3.63) is 35.9 Å². The van der Waals surface area contributed by atoms with Crippen LogP contribution >= 0.6 is 0 Å². The summed E-state index contributed by atoms with van der Waals surface area (Å²) >= 11 is 0. The lowest BCUT2D eigenvalue weighted by atomic mass is 9.94. The number of hydrogen-bond donors (Lipinski definition) is 3. The number of hydrogen-bond acceptors (Lipinski definition) is 4. The van der Waals surface area contributed by atoms with E-state index in [1.165, 1.54) is 0 Å². The van der Waals surface area contributed by atoms with E-state index in [4.69, 9.17) is 4.74 Å². The Balaban J connectivity index is 1.72. The van der Waals surface area contributed by atoms with Crippen LogP contribution in [0.15, 0.2) is 30.3 Å². The molecule has 1 heterocycles. The van der Waals surface area contributed by atoms with E-state index in [0.717, 1.165) is 18.6 Å². The molecule has 1 amide bonds. The van der Waals surface area contributed by atoms with Crippen LogP contribution in [0.4, 0.5) is 0 Å². The number of amides is 1. The summed E-state index contributed by atoms with van der Waals surface area (Å²) in [6.45, 7) is 7.05. The molecule has 3 N–H and O–H groups in total. The predicted octanol–water partition coefficient (Wildman–Crippen LogP) is 1.63. The zero-order valence-corrected chi connectivity index (χ0v) is 13.5. The lowest BCUT2D eigenvalue weighted by Gasteiger charge is -2.18. The van der Waals surface area contributed by atoms with E-state index in [-0.39, 0.29) is 17.9 Å². The molecule has 0 aliphatic carbocycles. The van der Waals surface area contributed by atoms with Crippen molar-refractivity contribution in [2.24, 2.45) is 11.8 Å². The largest absolute Gasteiger partial charge is 0.381 e. The van der Waals surface area contributed by atoms with Crippen LogP contribution in [0.25, 0.3) is 0 Å². The Labute approximate surface area is 132 Å². The molecule has 1 fully saturated rings. The third-order valence-corrected chi connectivity index (χ3v) is 3.69. The van der Waals surface area contributed by atoms with Gasteiger partial charge in [-0.15, -0.1) is 0 Å². The first-order valence-corrected chi connectivity index (χ1v) is 8.07. The average molecular weight is 305 g/mol. The minimum Gasteiger partial charge on any atom is -0.381 e. The van der Waals surface area contributed by atoms with Gasteiger partial charge in [0.1, 0.15) is 0 Å². The third-order valence-electron chi connectivity index (χ3n) is 3.69. The van der Waals surface area contributed by atoms with Crippen molar-refractivity contribution in [2.75, 3.05) is 26.3 Å². The SMILES string of the molecule is CC(C)COCCCNC(=O)C1CNNC1c1ccccc1. The fourth-order valence-corrected chi connectivity index (χ4v) is 2.55. The first-order chi connectivity index (χ1) is 10.7. The van der Waals surface area contributed by atoms with Gasteiger partial charge in [-0.05, 0) is 17.9 Å². The van der Waals surface area contributed by atoms with Crippen LogP contribution in [-0.4, -0.2) is 32.2 Å². The molecule has 0 saturated carbocycles. The first kappa shape index (κ1) is 16.9. The highest BCUT2D eigenvalue weighted by molar-refractivity contribution is 5.80. The summed E-state index contributed by atoms with van der Waals surface area (Å²) in [5, 5.41) is 3.01. The van der Waals surface area contributed by atoms with Crippen molar-refractivity contribution in [2.45, 2.75) is 26.3 Å². The van der Waals surface area contributed by atoms with Gasteiger partial charge in [0.05, 0.1) is 12.0 Å². The Morgan fingerprint density at radius 1 is 1.36 bits per heavy atom. The van der Waals surface area contributed by atoms with Crippen molar-refractivity contribution in [3.8, 4) is 0 Å². The first-order valence-electron chi connectivity index (χ1n) is 8.07. The van der Waals surface area contributed by atoms with E-state index < -0.39 is 0 Å². The average Bonchev–Trinajstić information content (AvgIpc) is 3.00. The highest BCUT2D eigenvalue weighted by Crippen LogP contribution is 2.24. The zero-order valence-electron chi connectivity index (χ0n) is 13.5. The van der Waals surface area contributed by atoms with Crippen molar-refractivity contribution in [1.29, 1.82) is 0 Å². The number of hydrazine groups is 1. The van der Waals surface area contributed by atoms with Crippen LogP contribution in [0.2, 0.25) is 0 Å². The summed E-state index contributed by atoms with van der Waals surface area (Å²) in [5.74, 6) is 0.561. The summed E-state index contributed by atoms with van der Waals surface area (Å²) in [6.07, 6.45) is 0.849. The van der Waals surface area contributed by atoms with Gasteiger partial charge in [-0.2, -0.15) is 0 Å². The molecule has 0 aromatic heterocycles. The van der Waals surface area contributed by atoms with Gasteiger partial charge < -0.3 is 10.1 Å². The summed E-state index contributed by atoms with van der Waals surface area (Å²) in [7, 11) is 0. The van der Waals surface area contributed by atoms with Crippen molar-refractivity contribution in [1.82, 2.24) is 16.2 Å². The van der Waals surface area contributed by atoms with E-state index in [9.17, 15) is 4.79 Å². The molecule has 1 saturated heterocycles. The lowest BCUT2D eigenvalue weighted by Crippen LogP contribution is -2.35. The smallest absolute Gasteiger partial charge is 0.226 e. The number of rotatable bonds is 8. The lowest BCUT2D eigenvalue weighted by molar-refractivity contribution is -0.125. The van der Waals surface area contributed by atoms with Gasteiger partial charge in [0, 0.05) is 26.3 Å². The molecule has 122 valence electrons. The fraction of sp³-hybridized carbons (Fsp3) is 0.588. The van der Waals surface area contributed by atoms with Gasteiger partial charge in [0.2, 0.25) is 5.91 Å². The molecule has 2 rings (SSSR count).